The van der Waals surface area contributed by atoms with Crippen LogP contribution >= 0.6 is 0 Å². The van der Waals surface area contributed by atoms with Gasteiger partial charge in [0.1, 0.15) is 0 Å². The Hall–Kier alpha value is -1.06. The first-order chi connectivity index (χ1) is 7.59. The van der Waals surface area contributed by atoms with Crippen LogP contribution in [-0.4, -0.2) is 23.0 Å². The molecule has 2 N–H and O–H groups in total. The van der Waals surface area contributed by atoms with Gasteiger partial charge in [0.2, 0.25) is 5.91 Å². The smallest absolute Gasteiger partial charge is 0.303 e. The largest absolute Gasteiger partial charge is 0.481 e. The van der Waals surface area contributed by atoms with E-state index in [-0.39, 0.29) is 24.3 Å². The molecule has 0 bridgehead atoms. The summed E-state index contributed by atoms with van der Waals surface area (Å²) in [6, 6.07) is -0.0365. The number of carboxylic acids is 1. The fraction of sp³-hybridized carbons (Fsp3) is 0.833. The van der Waals surface area contributed by atoms with Crippen LogP contribution in [0.15, 0.2) is 0 Å². The van der Waals surface area contributed by atoms with Crippen molar-refractivity contribution in [2.45, 2.75) is 57.9 Å². The molecule has 1 saturated carbocycles. The monoisotopic (exact) mass is 227 g/mol. The predicted molar refractivity (Wildman–Crippen MR) is 61.0 cm³/mol. The number of carbonyl (C=O) groups excluding carboxylic acids is 1. The summed E-state index contributed by atoms with van der Waals surface area (Å²) >= 11 is 0. The number of aliphatic carboxylic acids is 1. The average molecular weight is 227 g/mol. The van der Waals surface area contributed by atoms with Crippen molar-refractivity contribution in [3.63, 3.8) is 0 Å². The van der Waals surface area contributed by atoms with Gasteiger partial charge in [-0.3, -0.25) is 9.59 Å². The fourth-order valence-electron chi connectivity index (χ4n) is 2.14. The second-order valence-corrected chi connectivity index (χ2v) is 4.68. The molecule has 92 valence electrons. The molecule has 4 heteroatoms. The molecule has 16 heavy (non-hydrogen) atoms. The molecule has 1 fully saturated rings. The first-order valence-electron chi connectivity index (χ1n) is 6.11. The summed E-state index contributed by atoms with van der Waals surface area (Å²) in [5, 5.41) is 11.4. The molecule has 0 aromatic carbocycles. The molecule has 0 saturated heterocycles. The highest BCUT2D eigenvalue weighted by Gasteiger charge is 2.22. The van der Waals surface area contributed by atoms with Crippen molar-refractivity contribution in [2.24, 2.45) is 5.92 Å². The van der Waals surface area contributed by atoms with Crippen molar-refractivity contribution >= 4 is 11.9 Å². The number of hydrogen-bond acceptors (Lipinski definition) is 2. The van der Waals surface area contributed by atoms with Crippen LogP contribution in [0.4, 0.5) is 0 Å². The lowest BCUT2D eigenvalue weighted by Crippen LogP contribution is -2.38. The van der Waals surface area contributed by atoms with Gasteiger partial charge in [-0.15, -0.1) is 0 Å². The molecule has 0 aromatic heterocycles. The molecule has 0 heterocycles. The van der Waals surface area contributed by atoms with Crippen LogP contribution in [0.3, 0.4) is 0 Å². The van der Waals surface area contributed by atoms with Gasteiger partial charge in [0.05, 0.1) is 0 Å². The molecule has 1 amide bonds. The SMILES string of the molecule is CC(CCC(=O)O)NC(=O)C1CCCCC1. The Bertz CT molecular complexity index is 247. The second kappa shape index (κ2) is 6.51. The predicted octanol–water partition coefficient (Wildman–Crippen LogP) is 1.94. The lowest BCUT2D eigenvalue weighted by molar-refractivity contribution is -0.137. The number of carboxylic acid groups (broad SMARTS) is 1. The van der Waals surface area contributed by atoms with E-state index in [1.807, 2.05) is 6.92 Å². The van der Waals surface area contributed by atoms with Crippen molar-refractivity contribution in [2.75, 3.05) is 0 Å². The Balaban J connectivity index is 2.23. The van der Waals surface area contributed by atoms with Crippen LogP contribution in [0.5, 0.6) is 0 Å². The van der Waals surface area contributed by atoms with Crippen molar-refractivity contribution in [3.05, 3.63) is 0 Å². The molecule has 1 aliphatic rings. The molecule has 1 atom stereocenters. The van der Waals surface area contributed by atoms with Crippen molar-refractivity contribution in [1.82, 2.24) is 5.32 Å². The van der Waals surface area contributed by atoms with E-state index >= 15 is 0 Å². The molecule has 1 unspecified atom stereocenters. The highest BCUT2D eigenvalue weighted by Crippen LogP contribution is 2.23. The third-order valence-electron chi connectivity index (χ3n) is 3.16. The van der Waals surface area contributed by atoms with Gasteiger partial charge in [-0.05, 0) is 26.2 Å². The van der Waals surface area contributed by atoms with E-state index in [9.17, 15) is 9.59 Å². The van der Waals surface area contributed by atoms with Crippen LogP contribution in [0.25, 0.3) is 0 Å². The molecule has 0 spiro atoms. The van der Waals surface area contributed by atoms with Crippen LogP contribution in [0, 0.1) is 5.92 Å². The zero-order chi connectivity index (χ0) is 12.0. The maximum atomic E-state index is 11.8. The van der Waals surface area contributed by atoms with E-state index in [1.54, 1.807) is 0 Å². The second-order valence-electron chi connectivity index (χ2n) is 4.68. The normalized spacial score (nSPS) is 19.1. The van der Waals surface area contributed by atoms with Crippen molar-refractivity contribution in [1.29, 1.82) is 0 Å². The van der Waals surface area contributed by atoms with E-state index < -0.39 is 5.97 Å². The minimum absolute atomic E-state index is 0.0365. The average Bonchev–Trinajstić information content (AvgIpc) is 2.27. The van der Waals surface area contributed by atoms with Gasteiger partial charge in [0.15, 0.2) is 0 Å². The Labute approximate surface area is 96.4 Å². The Kier molecular flexibility index (Phi) is 5.29. The highest BCUT2D eigenvalue weighted by atomic mass is 16.4. The van der Waals surface area contributed by atoms with Crippen molar-refractivity contribution < 1.29 is 14.7 Å². The van der Waals surface area contributed by atoms with Gasteiger partial charge in [0, 0.05) is 18.4 Å². The Morgan fingerprint density at radius 1 is 1.31 bits per heavy atom. The summed E-state index contributed by atoms with van der Waals surface area (Å²) in [5.74, 6) is -0.544. The van der Waals surface area contributed by atoms with E-state index in [1.165, 1.54) is 6.42 Å². The van der Waals surface area contributed by atoms with Gasteiger partial charge >= 0.3 is 5.97 Å². The fourth-order valence-corrected chi connectivity index (χ4v) is 2.14. The summed E-state index contributed by atoms with van der Waals surface area (Å²) < 4.78 is 0. The van der Waals surface area contributed by atoms with Crippen LogP contribution in [0.2, 0.25) is 0 Å². The number of hydrogen-bond donors (Lipinski definition) is 2. The minimum Gasteiger partial charge on any atom is -0.481 e. The zero-order valence-corrected chi connectivity index (χ0v) is 9.87. The summed E-state index contributed by atoms with van der Waals surface area (Å²) in [5.41, 5.74) is 0. The summed E-state index contributed by atoms with van der Waals surface area (Å²) in [6.07, 6.45) is 6.11. The molecule has 0 aliphatic heterocycles. The van der Waals surface area contributed by atoms with Crippen LogP contribution in [0.1, 0.15) is 51.9 Å². The lowest BCUT2D eigenvalue weighted by atomic mass is 9.88. The third-order valence-corrected chi connectivity index (χ3v) is 3.16. The number of amides is 1. The molecule has 0 radical (unpaired) electrons. The number of rotatable bonds is 5. The first kappa shape index (κ1) is 13.0. The van der Waals surface area contributed by atoms with Gasteiger partial charge in [0.25, 0.3) is 0 Å². The zero-order valence-electron chi connectivity index (χ0n) is 9.87. The highest BCUT2D eigenvalue weighted by molar-refractivity contribution is 5.79. The van der Waals surface area contributed by atoms with Gasteiger partial charge in [-0.25, -0.2) is 0 Å². The quantitative estimate of drug-likeness (QED) is 0.754. The summed E-state index contributed by atoms with van der Waals surface area (Å²) in [6.45, 7) is 1.86. The standard InChI is InChI=1S/C12H21NO3/c1-9(7-8-11(14)15)13-12(16)10-5-3-2-4-6-10/h9-10H,2-8H2,1H3,(H,13,16)(H,14,15). The summed E-state index contributed by atoms with van der Waals surface area (Å²) in [7, 11) is 0. The van der Waals surface area contributed by atoms with E-state index in [0.717, 1.165) is 25.7 Å². The molecule has 4 nitrogen and oxygen atoms in total. The van der Waals surface area contributed by atoms with Gasteiger partial charge in [-0.1, -0.05) is 19.3 Å². The maximum absolute atomic E-state index is 11.8. The third kappa shape index (κ3) is 4.64. The molecular formula is C12H21NO3. The van der Waals surface area contributed by atoms with E-state index in [0.29, 0.717) is 6.42 Å². The van der Waals surface area contributed by atoms with Gasteiger partial charge in [-0.2, -0.15) is 0 Å². The Morgan fingerprint density at radius 2 is 1.94 bits per heavy atom. The summed E-state index contributed by atoms with van der Waals surface area (Å²) in [4.78, 5) is 22.2. The topological polar surface area (TPSA) is 66.4 Å². The molecule has 0 aromatic rings. The van der Waals surface area contributed by atoms with E-state index in [2.05, 4.69) is 5.32 Å². The number of carbonyl (C=O) groups is 2. The maximum Gasteiger partial charge on any atom is 0.303 e. The lowest BCUT2D eigenvalue weighted by Gasteiger charge is -2.23. The molecule has 1 aliphatic carbocycles. The van der Waals surface area contributed by atoms with Crippen LogP contribution < -0.4 is 5.32 Å². The minimum atomic E-state index is -0.807. The van der Waals surface area contributed by atoms with E-state index in [4.69, 9.17) is 5.11 Å². The number of nitrogens with one attached hydrogen (secondary N) is 1. The van der Waals surface area contributed by atoms with Crippen molar-refractivity contribution in [3.8, 4) is 0 Å². The van der Waals surface area contributed by atoms with Crippen LogP contribution in [-0.2, 0) is 9.59 Å². The molecule has 1 rings (SSSR count). The van der Waals surface area contributed by atoms with Gasteiger partial charge < -0.3 is 10.4 Å². The molecular weight excluding hydrogens is 206 g/mol. The first-order valence-corrected chi connectivity index (χ1v) is 6.11. The Morgan fingerprint density at radius 3 is 2.50 bits per heavy atom.